The van der Waals surface area contributed by atoms with E-state index in [1.54, 1.807) is 0 Å². The third kappa shape index (κ3) is 3.11. The summed E-state index contributed by atoms with van der Waals surface area (Å²) in [6, 6.07) is 2.26. The predicted molar refractivity (Wildman–Crippen MR) is 95.3 cm³/mol. The molecule has 1 aromatic carbocycles. The summed E-state index contributed by atoms with van der Waals surface area (Å²) >= 11 is 0. The first-order valence-corrected chi connectivity index (χ1v) is 8.98. The van der Waals surface area contributed by atoms with Crippen molar-refractivity contribution < 1.29 is 22.3 Å². The molecule has 0 amide bonds. The summed E-state index contributed by atoms with van der Waals surface area (Å²) in [5, 5.41) is 9.09. The van der Waals surface area contributed by atoms with Crippen LogP contribution in [0.4, 0.5) is 17.6 Å². The molecule has 9 heteroatoms. The molecular weight excluding hydrogens is 386 g/mol. The lowest BCUT2D eigenvalue weighted by Crippen LogP contribution is -2.58. The molecule has 2 aliphatic rings. The molecule has 1 aliphatic carbocycles. The van der Waals surface area contributed by atoms with Gasteiger partial charge in [0.25, 0.3) is 0 Å². The Morgan fingerprint density at radius 3 is 2.48 bits per heavy atom. The average Bonchev–Trinajstić information content (AvgIpc) is 2.97. The van der Waals surface area contributed by atoms with Crippen LogP contribution in [0, 0.1) is 17.7 Å². The first-order chi connectivity index (χ1) is 12.4. The van der Waals surface area contributed by atoms with Gasteiger partial charge in [-0.15, -0.1) is 12.4 Å². The van der Waals surface area contributed by atoms with Crippen molar-refractivity contribution in [3.63, 3.8) is 0 Å². The number of nitrogens with zero attached hydrogens (tertiary/aromatic N) is 1. The summed E-state index contributed by atoms with van der Waals surface area (Å²) in [6.07, 6.45) is -1.93. The third-order valence-electron chi connectivity index (χ3n) is 5.81. The number of hydrogen-bond donors (Lipinski definition) is 2. The molecular formula is C18H22ClF4N3O. The van der Waals surface area contributed by atoms with Crippen molar-refractivity contribution in [3.8, 4) is 0 Å². The number of nitrogens with one attached hydrogen (secondary N) is 2. The maximum Gasteiger partial charge on any atom is 0.433 e. The fourth-order valence-corrected chi connectivity index (χ4v) is 4.93. The Morgan fingerprint density at radius 2 is 1.89 bits per heavy atom. The highest BCUT2D eigenvalue weighted by atomic mass is 35.5. The Morgan fingerprint density at radius 1 is 1.22 bits per heavy atom. The number of hydrogen-bond acceptors (Lipinski definition) is 3. The van der Waals surface area contributed by atoms with Gasteiger partial charge in [0.15, 0.2) is 0 Å². The molecule has 4 nitrogen and oxygen atoms in total. The number of alkyl halides is 3. The van der Waals surface area contributed by atoms with Gasteiger partial charge in [-0.05, 0) is 31.4 Å². The van der Waals surface area contributed by atoms with Crippen molar-refractivity contribution >= 4 is 23.3 Å². The molecule has 2 aromatic rings. The van der Waals surface area contributed by atoms with Crippen LogP contribution in [0.2, 0.25) is 0 Å². The van der Waals surface area contributed by atoms with E-state index in [2.05, 4.69) is 15.5 Å². The van der Waals surface area contributed by atoms with Gasteiger partial charge in [-0.25, -0.2) is 4.39 Å². The van der Waals surface area contributed by atoms with Gasteiger partial charge in [0.05, 0.1) is 5.52 Å². The largest absolute Gasteiger partial charge is 0.433 e. The fraction of sp³-hybridized carbons (Fsp3) is 0.611. The highest BCUT2D eigenvalue weighted by Crippen LogP contribution is 2.53. The number of ether oxygens (including phenoxy) is 1. The van der Waals surface area contributed by atoms with E-state index >= 15 is 0 Å². The molecule has 150 valence electrons. The van der Waals surface area contributed by atoms with Crippen molar-refractivity contribution in [2.45, 2.75) is 38.0 Å². The minimum Gasteiger partial charge on any atom is -0.370 e. The molecule has 1 saturated carbocycles. The zero-order valence-corrected chi connectivity index (χ0v) is 15.6. The van der Waals surface area contributed by atoms with Gasteiger partial charge in [0, 0.05) is 43.0 Å². The standard InChI is InChI=1S/C18H21F4N3O.ClH/c1-2-26-17(10-4-3-5-11(17)9-23-8-10)13-6-12(19)7-14-15(13)16(25-24-14)18(20,21)22;/h6-7,10-11,23H,2-5,8-9H2,1H3,(H,24,25);1H. The van der Waals surface area contributed by atoms with Crippen molar-refractivity contribution in [1.82, 2.24) is 15.5 Å². The van der Waals surface area contributed by atoms with E-state index in [9.17, 15) is 17.6 Å². The number of rotatable bonds is 3. The van der Waals surface area contributed by atoms with Crippen LogP contribution in [0.3, 0.4) is 0 Å². The molecule has 1 aromatic heterocycles. The van der Waals surface area contributed by atoms with E-state index in [1.807, 2.05) is 6.92 Å². The van der Waals surface area contributed by atoms with Crippen LogP contribution in [-0.2, 0) is 16.5 Å². The fourth-order valence-electron chi connectivity index (χ4n) is 4.93. The second-order valence-electron chi connectivity index (χ2n) is 7.15. The van der Waals surface area contributed by atoms with Crippen LogP contribution in [0.25, 0.3) is 10.9 Å². The monoisotopic (exact) mass is 407 g/mol. The second-order valence-corrected chi connectivity index (χ2v) is 7.15. The second kappa shape index (κ2) is 7.22. The van der Waals surface area contributed by atoms with E-state index in [-0.39, 0.29) is 40.7 Å². The van der Waals surface area contributed by atoms with E-state index < -0.39 is 23.3 Å². The lowest BCUT2D eigenvalue weighted by Gasteiger charge is -2.53. The smallest absolute Gasteiger partial charge is 0.370 e. The molecule has 0 radical (unpaired) electrons. The van der Waals surface area contributed by atoms with Crippen LogP contribution in [0.15, 0.2) is 12.1 Å². The van der Waals surface area contributed by atoms with Gasteiger partial charge in [-0.1, -0.05) is 6.42 Å². The average molecular weight is 408 g/mol. The highest BCUT2D eigenvalue weighted by molar-refractivity contribution is 5.86. The molecule has 1 aliphatic heterocycles. The first kappa shape index (κ1) is 20.4. The number of aromatic amines is 1. The van der Waals surface area contributed by atoms with E-state index in [1.165, 1.54) is 6.07 Å². The van der Waals surface area contributed by atoms with Crippen LogP contribution in [-0.4, -0.2) is 29.9 Å². The number of H-pyrrole nitrogens is 1. The molecule has 2 N–H and O–H groups in total. The molecule has 1 saturated heterocycles. The molecule has 2 heterocycles. The van der Waals surface area contributed by atoms with Gasteiger partial charge >= 0.3 is 6.18 Å². The van der Waals surface area contributed by atoms with Gasteiger partial charge in [-0.2, -0.15) is 18.3 Å². The summed E-state index contributed by atoms with van der Waals surface area (Å²) < 4.78 is 61.3. The van der Waals surface area contributed by atoms with E-state index in [4.69, 9.17) is 4.74 Å². The quantitative estimate of drug-likeness (QED) is 0.742. The predicted octanol–water partition coefficient (Wildman–Crippen LogP) is 4.39. The van der Waals surface area contributed by atoms with E-state index in [0.29, 0.717) is 19.7 Å². The van der Waals surface area contributed by atoms with Crippen molar-refractivity contribution in [2.75, 3.05) is 19.7 Å². The number of benzene rings is 1. The summed E-state index contributed by atoms with van der Waals surface area (Å²) in [5.41, 5.74) is -1.59. The van der Waals surface area contributed by atoms with Crippen LogP contribution >= 0.6 is 12.4 Å². The summed E-state index contributed by atoms with van der Waals surface area (Å²) in [7, 11) is 0. The topological polar surface area (TPSA) is 49.9 Å². The van der Waals surface area contributed by atoms with Gasteiger partial charge in [-0.3, -0.25) is 5.10 Å². The van der Waals surface area contributed by atoms with Crippen LogP contribution < -0.4 is 5.32 Å². The Labute approximate surface area is 160 Å². The normalized spacial score (nSPS) is 28.2. The first-order valence-electron chi connectivity index (χ1n) is 8.98. The SMILES string of the molecule is CCOC1(c2cc(F)cc3n[nH]c(C(F)(F)F)c23)C2CCCC1CNC2.Cl. The molecule has 4 rings (SSSR count). The van der Waals surface area contributed by atoms with Crippen molar-refractivity contribution in [2.24, 2.45) is 11.8 Å². The maximum absolute atomic E-state index is 14.3. The summed E-state index contributed by atoms with van der Waals surface area (Å²) in [6.45, 7) is 3.47. The molecule has 2 atom stereocenters. The Kier molecular flexibility index (Phi) is 5.44. The maximum atomic E-state index is 14.3. The number of fused-ring (bicyclic) bond motifs is 3. The number of aromatic nitrogens is 2. The van der Waals surface area contributed by atoms with Gasteiger partial charge in [0.1, 0.15) is 17.1 Å². The Hall–Kier alpha value is -1.38. The van der Waals surface area contributed by atoms with Crippen LogP contribution in [0.1, 0.15) is 37.4 Å². The van der Waals surface area contributed by atoms with Crippen molar-refractivity contribution in [3.05, 3.63) is 29.2 Å². The van der Waals surface area contributed by atoms with Gasteiger partial charge in [0.2, 0.25) is 0 Å². The van der Waals surface area contributed by atoms with Gasteiger partial charge < -0.3 is 10.1 Å². The minimum atomic E-state index is -4.60. The Bertz CT molecular complexity index is 801. The Balaban J connectivity index is 0.00000210. The molecule has 0 spiro atoms. The summed E-state index contributed by atoms with van der Waals surface area (Å²) in [4.78, 5) is 0. The summed E-state index contributed by atoms with van der Waals surface area (Å²) in [5.74, 6) is -0.602. The zero-order valence-electron chi connectivity index (χ0n) is 14.8. The molecule has 27 heavy (non-hydrogen) atoms. The lowest BCUT2D eigenvalue weighted by molar-refractivity contribution is -0.161. The zero-order chi connectivity index (χ0) is 18.5. The molecule has 2 unspecified atom stereocenters. The van der Waals surface area contributed by atoms with Crippen molar-refractivity contribution in [1.29, 1.82) is 0 Å². The van der Waals surface area contributed by atoms with Crippen LogP contribution in [0.5, 0.6) is 0 Å². The third-order valence-corrected chi connectivity index (χ3v) is 5.81. The molecule has 2 fully saturated rings. The lowest BCUT2D eigenvalue weighted by atomic mass is 9.62. The number of piperidine rings is 1. The number of halogens is 5. The highest BCUT2D eigenvalue weighted by Gasteiger charge is 2.53. The van der Waals surface area contributed by atoms with E-state index in [0.717, 1.165) is 25.3 Å². The minimum absolute atomic E-state index is 0. The molecule has 2 bridgehead atoms.